The van der Waals surface area contributed by atoms with Gasteiger partial charge in [0, 0.05) is 29.6 Å². The molecule has 4 bridgehead atoms. The first-order valence-electron chi connectivity index (χ1n) is 11.9. The van der Waals surface area contributed by atoms with Crippen molar-refractivity contribution in [2.75, 3.05) is 13.1 Å². The number of likely N-dealkylation sites (tertiary alicyclic amines) is 1. The van der Waals surface area contributed by atoms with Crippen LogP contribution in [0.15, 0.2) is 24.3 Å². The second-order valence-corrected chi connectivity index (χ2v) is 10.9. The molecule has 5 nitrogen and oxygen atoms in total. The Morgan fingerprint density at radius 3 is 2.13 bits per heavy atom. The van der Waals surface area contributed by atoms with Crippen molar-refractivity contribution >= 4 is 23.4 Å². The molecule has 2 amide bonds. The van der Waals surface area contributed by atoms with Crippen LogP contribution in [0.25, 0.3) is 0 Å². The predicted molar refractivity (Wildman–Crippen MR) is 120 cm³/mol. The van der Waals surface area contributed by atoms with Crippen molar-refractivity contribution in [2.45, 2.75) is 70.4 Å². The number of carbonyl (C=O) groups excluding carboxylic acids is 2. The highest BCUT2D eigenvalue weighted by Crippen LogP contribution is 2.60. The van der Waals surface area contributed by atoms with Gasteiger partial charge in [0.15, 0.2) is 6.10 Å². The second-order valence-electron chi connectivity index (χ2n) is 10.5. The summed E-state index contributed by atoms with van der Waals surface area (Å²) in [5, 5.41) is 4.03. The number of nitrogens with zero attached hydrogens (tertiary/aromatic N) is 1. The summed E-state index contributed by atoms with van der Waals surface area (Å²) in [6.45, 7) is 3.12. The number of benzene rings is 1. The topological polar surface area (TPSA) is 58.6 Å². The third-order valence-electron chi connectivity index (χ3n) is 8.14. The monoisotopic (exact) mass is 444 g/mol. The number of nitrogens with one attached hydrogen (secondary N) is 1. The normalized spacial score (nSPS) is 33.2. The van der Waals surface area contributed by atoms with E-state index in [0.29, 0.717) is 29.8 Å². The number of halogens is 1. The first-order valence-corrected chi connectivity index (χ1v) is 12.3. The molecule has 5 aliphatic rings. The standard InChI is InChI=1S/C25H33ClN2O3/c1-16(31-22-4-2-20(26)3-5-22)23(29)28-8-6-21(7-9-28)27-24(30)25-13-17-10-18(14-25)12-19(11-17)15-25/h2-5,16-19,21H,6-15H2,1H3,(H,27,30). The summed E-state index contributed by atoms with van der Waals surface area (Å²) in [5.74, 6) is 3.27. The molecule has 1 atom stereocenters. The van der Waals surface area contributed by atoms with E-state index in [1.807, 2.05) is 4.90 Å². The average molecular weight is 445 g/mol. The summed E-state index contributed by atoms with van der Waals surface area (Å²) in [6, 6.07) is 7.24. The quantitative estimate of drug-likeness (QED) is 0.730. The van der Waals surface area contributed by atoms with Gasteiger partial charge in [0.2, 0.25) is 5.91 Å². The van der Waals surface area contributed by atoms with Gasteiger partial charge in [-0.3, -0.25) is 9.59 Å². The van der Waals surface area contributed by atoms with Gasteiger partial charge in [0.05, 0.1) is 0 Å². The highest BCUT2D eigenvalue weighted by atomic mass is 35.5. The van der Waals surface area contributed by atoms with Gasteiger partial charge >= 0.3 is 0 Å². The number of carbonyl (C=O) groups is 2. The van der Waals surface area contributed by atoms with Crippen LogP contribution in [-0.2, 0) is 9.59 Å². The lowest BCUT2D eigenvalue weighted by molar-refractivity contribution is -0.147. The van der Waals surface area contributed by atoms with Crippen LogP contribution in [0.3, 0.4) is 0 Å². The molecule has 1 N–H and O–H groups in total. The van der Waals surface area contributed by atoms with E-state index in [9.17, 15) is 9.59 Å². The molecule has 1 unspecified atom stereocenters. The van der Waals surface area contributed by atoms with Crippen molar-refractivity contribution in [3.8, 4) is 5.75 Å². The van der Waals surface area contributed by atoms with Crippen LogP contribution in [0.5, 0.6) is 5.75 Å². The Morgan fingerprint density at radius 2 is 1.58 bits per heavy atom. The zero-order chi connectivity index (χ0) is 21.6. The largest absolute Gasteiger partial charge is 0.481 e. The van der Waals surface area contributed by atoms with Crippen LogP contribution in [0.1, 0.15) is 58.3 Å². The number of piperidine rings is 1. The summed E-state index contributed by atoms with van der Waals surface area (Å²) in [6.07, 6.45) is 8.44. The fraction of sp³-hybridized carbons (Fsp3) is 0.680. The summed E-state index contributed by atoms with van der Waals surface area (Å²) in [7, 11) is 0. The summed E-state index contributed by atoms with van der Waals surface area (Å²) in [5.41, 5.74) is -0.0946. The van der Waals surface area contributed by atoms with Crippen LogP contribution < -0.4 is 10.1 Å². The summed E-state index contributed by atoms with van der Waals surface area (Å²) in [4.78, 5) is 28.0. The maximum Gasteiger partial charge on any atom is 0.263 e. The molecule has 1 aliphatic heterocycles. The summed E-state index contributed by atoms with van der Waals surface area (Å²) >= 11 is 5.91. The molecule has 1 aromatic carbocycles. The molecule has 0 radical (unpaired) electrons. The Hall–Kier alpha value is -1.75. The number of hydrogen-bond donors (Lipinski definition) is 1. The van der Waals surface area contributed by atoms with Crippen molar-refractivity contribution in [2.24, 2.45) is 23.2 Å². The SMILES string of the molecule is CC(Oc1ccc(Cl)cc1)C(=O)N1CCC(NC(=O)C23CC4CC(CC(C4)C2)C3)CC1. The lowest BCUT2D eigenvalue weighted by atomic mass is 9.49. The maximum atomic E-state index is 13.3. The molecular formula is C25H33ClN2O3. The molecule has 0 aromatic heterocycles. The van der Waals surface area contributed by atoms with Gasteiger partial charge in [0.25, 0.3) is 5.91 Å². The zero-order valence-electron chi connectivity index (χ0n) is 18.3. The average Bonchev–Trinajstić information content (AvgIpc) is 2.74. The van der Waals surface area contributed by atoms with Crippen molar-refractivity contribution in [1.29, 1.82) is 0 Å². The maximum absolute atomic E-state index is 13.3. The van der Waals surface area contributed by atoms with Gasteiger partial charge in [-0.05, 0) is 100 Å². The van der Waals surface area contributed by atoms with E-state index in [-0.39, 0.29) is 17.4 Å². The first kappa shape index (κ1) is 21.1. The molecular weight excluding hydrogens is 412 g/mol. The fourth-order valence-corrected chi connectivity index (χ4v) is 7.12. The van der Waals surface area contributed by atoms with Gasteiger partial charge < -0.3 is 15.0 Å². The molecule has 168 valence electrons. The molecule has 6 rings (SSSR count). The minimum absolute atomic E-state index is 0.000751. The number of rotatable bonds is 5. The zero-order valence-corrected chi connectivity index (χ0v) is 19.1. The van der Waals surface area contributed by atoms with Gasteiger partial charge in [-0.15, -0.1) is 0 Å². The summed E-state index contributed by atoms with van der Waals surface area (Å²) < 4.78 is 5.79. The fourth-order valence-electron chi connectivity index (χ4n) is 7.00. The van der Waals surface area contributed by atoms with Gasteiger partial charge in [-0.25, -0.2) is 0 Å². The Labute approximate surface area is 189 Å². The van der Waals surface area contributed by atoms with Crippen LogP contribution in [-0.4, -0.2) is 41.9 Å². The Kier molecular flexibility index (Phi) is 5.66. The third-order valence-corrected chi connectivity index (χ3v) is 8.39. The third kappa shape index (κ3) is 4.30. The first-order chi connectivity index (χ1) is 14.9. The lowest BCUT2D eigenvalue weighted by Gasteiger charge is -2.56. The van der Waals surface area contributed by atoms with Gasteiger partial charge in [0.1, 0.15) is 5.75 Å². The van der Waals surface area contributed by atoms with Crippen LogP contribution in [0.2, 0.25) is 5.02 Å². The molecule has 1 saturated heterocycles. The number of amides is 2. The molecule has 1 heterocycles. The molecule has 1 aromatic rings. The molecule has 5 fully saturated rings. The Bertz CT molecular complexity index is 796. The van der Waals surface area contributed by atoms with Crippen molar-refractivity contribution < 1.29 is 14.3 Å². The highest BCUT2D eigenvalue weighted by Gasteiger charge is 2.54. The Balaban J connectivity index is 1.11. The van der Waals surface area contributed by atoms with E-state index in [1.165, 1.54) is 19.3 Å². The van der Waals surface area contributed by atoms with E-state index in [4.69, 9.17) is 16.3 Å². The van der Waals surface area contributed by atoms with Gasteiger partial charge in [-0.2, -0.15) is 0 Å². The van der Waals surface area contributed by atoms with Crippen LogP contribution in [0, 0.1) is 23.2 Å². The van der Waals surface area contributed by atoms with E-state index in [1.54, 1.807) is 31.2 Å². The minimum atomic E-state index is -0.542. The van der Waals surface area contributed by atoms with E-state index >= 15 is 0 Å². The lowest BCUT2D eigenvalue weighted by Crippen LogP contribution is -2.56. The molecule has 31 heavy (non-hydrogen) atoms. The number of ether oxygens (including phenoxy) is 1. The Morgan fingerprint density at radius 1 is 1.03 bits per heavy atom. The van der Waals surface area contributed by atoms with E-state index in [0.717, 1.165) is 49.9 Å². The van der Waals surface area contributed by atoms with Crippen LogP contribution in [0.4, 0.5) is 0 Å². The molecule has 0 spiro atoms. The molecule has 4 aliphatic carbocycles. The minimum Gasteiger partial charge on any atom is -0.481 e. The van der Waals surface area contributed by atoms with E-state index < -0.39 is 6.10 Å². The van der Waals surface area contributed by atoms with E-state index in [2.05, 4.69) is 5.32 Å². The second kappa shape index (κ2) is 8.31. The van der Waals surface area contributed by atoms with Crippen molar-refractivity contribution in [3.63, 3.8) is 0 Å². The molecule has 6 heteroatoms. The highest BCUT2D eigenvalue weighted by molar-refractivity contribution is 6.30. The van der Waals surface area contributed by atoms with Crippen molar-refractivity contribution in [1.82, 2.24) is 10.2 Å². The predicted octanol–water partition coefficient (Wildman–Crippen LogP) is 4.43. The van der Waals surface area contributed by atoms with Crippen LogP contribution >= 0.6 is 11.6 Å². The van der Waals surface area contributed by atoms with Crippen molar-refractivity contribution in [3.05, 3.63) is 29.3 Å². The smallest absolute Gasteiger partial charge is 0.263 e. The van der Waals surface area contributed by atoms with Gasteiger partial charge in [-0.1, -0.05) is 11.6 Å². The molecule has 4 saturated carbocycles. The number of hydrogen-bond acceptors (Lipinski definition) is 3.